The van der Waals surface area contributed by atoms with Gasteiger partial charge in [-0.3, -0.25) is 0 Å². The normalized spacial score (nSPS) is 17.2. The van der Waals surface area contributed by atoms with Crippen LogP contribution in [-0.4, -0.2) is 49.8 Å². The fourth-order valence-electron chi connectivity index (χ4n) is 3.90. The number of rotatable bonds is 3. The predicted molar refractivity (Wildman–Crippen MR) is 104 cm³/mol. The average molecular weight is 353 g/mol. The first-order valence-electron chi connectivity index (χ1n) is 9.38. The molecule has 0 amide bonds. The van der Waals surface area contributed by atoms with Gasteiger partial charge in [0.25, 0.3) is 0 Å². The van der Waals surface area contributed by atoms with Crippen molar-refractivity contribution in [2.75, 3.05) is 49.6 Å². The Labute approximate surface area is 155 Å². The molecule has 1 aromatic heterocycles. The number of aryl methyl sites for hydroxylation is 1. The third kappa shape index (κ3) is 3.09. The number of benzene rings is 1. The molecule has 2 aromatic rings. The van der Waals surface area contributed by atoms with Crippen molar-refractivity contribution >= 4 is 11.5 Å². The Bertz CT molecular complexity index is 801. The van der Waals surface area contributed by atoms with Crippen LogP contribution in [0, 0.1) is 13.8 Å². The van der Waals surface area contributed by atoms with Crippen LogP contribution >= 0.6 is 0 Å². The zero-order valence-electron chi connectivity index (χ0n) is 15.9. The molecular formula is C20H27N5O. The van der Waals surface area contributed by atoms with Crippen molar-refractivity contribution in [2.45, 2.75) is 26.8 Å². The highest BCUT2D eigenvalue weighted by Crippen LogP contribution is 2.32. The molecule has 2 aliphatic rings. The highest BCUT2D eigenvalue weighted by Gasteiger charge is 2.26. The minimum atomic E-state index is 0.472. The van der Waals surface area contributed by atoms with Gasteiger partial charge in [-0.25, -0.2) is 0 Å². The Morgan fingerprint density at radius 1 is 1.04 bits per heavy atom. The molecule has 3 heterocycles. The second-order valence-corrected chi connectivity index (χ2v) is 7.09. The van der Waals surface area contributed by atoms with Gasteiger partial charge in [0.15, 0.2) is 0 Å². The number of methoxy groups -OCH3 is 1. The monoisotopic (exact) mass is 353 g/mol. The molecule has 0 bridgehead atoms. The van der Waals surface area contributed by atoms with Crippen LogP contribution in [-0.2, 0) is 13.0 Å². The van der Waals surface area contributed by atoms with Crippen LogP contribution in [0.3, 0.4) is 0 Å². The maximum Gasteiger partial charge on any atom is 0.318 e. The molecule has 0 atom stereocenters. The van der Waals surface area contributed by atoms with E-state index < -0.39 is 0 Å². The maximum absolute atomic E-state index is 5.41. The van der Waals surface area contributed by atoms with Crippen molar-refractivity contribution in [3.63, 3.8) is 0 Å². The number of fused-ring (bicyclic) bond motifs is 1. The largest absolute Gasteiger partial charge is 0.467 e. The summed E-state index contributed by atoms with van der Waals surface area (Å²) in [6.45, 7) is 10.1. The molecule has 0 unspecified atom stereocenters. The van der Waals surface area contributed by atoms with Crippen LogP contribution in [0.25, 0.3) is 0 Å². The summed E-state index contributed by atoms with van der Waals surface area (Å²) >= 11 is 0. The summed E-state index contributed by atoms with van der Waals surface area (Å²) in [4.78, 5) is 14.2. The molecule has 1 N–H and O–H groups in total. The Hall–Kier alpha value is -2.34. The van der Waals surface area contributed by atoms with E-state index in [-0.39, 0.29) is 0 Å². The van der Waals surface area contributed by atoms with Gasteiger partial charge in [-0.05, 0) is 37.5 Å². The van der Waals surface area contributed by atoms with Crippen molar-refractivity contribution in [3.05, 3.63) is 40.6 Å². The molecule has 1 fully saturated rings. The summed E-state index contributed by atoms with van der Waals surface area (Å²) in [5.74, 6) is 1.06. The summed E-state index contributed by atoms with van der Waals surface area (Å²) in [7, 11) is 1.65. The van der Waals surface area contributed by atoms with Gasteiger partial charge in [-0.15, -0.1) is 0 Å². The lowest BCUT2D eigenvalue weighted by molar-refractivity contribution is 0.376. The summed E-state index contributed by atoms with van der Waals surface area (Å²) in [5, 5.41) is 3.41. The number of ether oxygens (including phenoxy) is 1. The van der Waals surface area contributed by atoms with Gasteiger partial charge in [0.2, 0.25) is 0 Å². The fraction of sp³-hybridized carbons (Fsp3) is 0.500. The fourth-order valence-corrected chi connectivity index (χ4v) is 3.90. The molecule has 0 aliphatic carbocycles. The van der Waals surface area contributed by atoms with Gasteiger partial charge >= 0.3 is 6.01 Å². The second-order valence-electron chi connectivity index (χ2n) is 7.09. The van der Waals surface area contributed by atoms with Crippen molar-refractivity contribution in [1.82, 2.24) is 15.3 Å². The number of aromatic nitrogens is 2. The van der Waals surface area contributed by atoms with Gasteiger partial charge in [0.1, 0.15) is 5.82 Å². The molecule has 2 aliphatic heterocycles. The van der Waals surface area contributed by atoms with Crippen LogP contribution in [0.15, 0.2) is 18.2 Å². The lowest BCUT2D eigenvalue weighted by Gasteiger charge is -2.35. The number of hydrogen-bond acceptors (Lipinski definition) is 6. The van der Waals surface area contributed by atoms with E-state index in [1.807, 2.05) is 0 Å². The molecule has 26 heavy (non-hydrogen) atoms. The Balaban J connectivity index is 1.69. The molecule has 6 heteroatoms. The smallest absolute Gasteiger partial charge is 0.318 e. The minimum absolute atomic E-state index is 0.472. The second kappa shape index (κ2) is 7.11. The number of hydrogen-bond donors (Lipinski definition) is 1. The summed E-state index contributed by atoms with van der Waals surface area (Å²) in [6, 6.07) is 6.99. The first-order valence-corrected chi connectivity index (χ1v) is 9.38. The van der Waals surface area contributed by atoms with Gasteiger partial charge < -0.3 is 19.9 Å². The summed E-state index contributed by atoms with van der Waals surface area (Å²) in [5.41, 5.74) is 6.36. The molecule has 0 radical (unpaired) electrons. The average Bonchev–Trinajstić information content (AvgIpc) is 2.69. The molecular weight excluding hydrogens is 326 g/mol. The SMILES string of the molecule is COc1nc2c(c(N3CCNCC3)n1)CCN(c1cccc(C)c1C)C2. The first kappa shape index (κ1) is 17.1. The summed E-state index contributed by atoms with van der Waals surface area (Å²) < 4.78 is 5.41. The van der Waals surface area contributed by atoms with E-state index in [1.54, 1.807) is 7.11 Å². The lowest BCUT2D eigenvalue weighted by Crippen LogP contribution is -2.45. The predicted octanol–water partition coefficient (Wildman–Crippen LogP) is 2.07. The van der Waals surface area contributed by atoms with Gasteiger partial charge in [-0.1, -0.05) is 12.1 Å². The van der Waals surface area contributed by atoms with Gasteiger partial charge in [0, 0.05) is 44.0 Å². The van der Waals surface area contributed by atoms with E-state index >= 15 is 0 Å². The number of anilines is 2. The topological polar surface area (TPSA) is 53.5 Å². The van der Waals surface area contributed by atoms with E-state index in [0.29, 0.717) is 6.01 Å². The van der Waals surface area contributed by atoms with Crippen LogP contribution in [0.4, 0.5) is 11.5 Å². The Morgan fingerprint density at radius 2 is 1.85 bits per heavy atom. The quantitative estimate of drug-likeness (QED) is 0.912. The molecule has 0 spiro atoms. The van der Waals surface area contributed by atoms with Crippen molar-refractivity contribution in [1.29, 1.82) is 0 Å². The lowest BCUT2D eigenvalue weighted by atomic mass is 10.0. The Morgan fingerprint density at radius 3 is 2.62 bits per heavy atom. The molecule has 1 aromatic carbocycles. The van der Waals surface area contributed by atoms with Crippen LogP contribution < -0.4 is 19.9 Å². The third-order valence-corrected chi connectivity index (χ3v) is 5.54. The van der Waals surface area contributed by atoms with Crippen LogP contribution in [0.5, 0.6) is 6.01 Å². The van der Waals surface area contributed by atoms with Crippen molar-refractivity contribution in [2.24, 2.45) is 0 Å². The third-order valence-electron chi connectivity index (χ3n) is 5.54. The van der Waals surface area contributed by atoms with E-state index in [0.717, 1.165) is 57.2 Å². The highest BCUT2D eigenvalue weighted by atomic mass is 16.5. The Kier molecular flexibility index (Phi) is 4.68. The molecule has 0 saturated carbocycles. The van der Waals surface area contributed by atoms with E-state index in [1.165, 1.54) is 22.4 Å². The van der Waals surface area contributed by atoms with E-state index in [9.17, 15) is 0 Å². The molecule has 6 nitrogen and oxygen atoms in total. The van der Waals surface area contributed by atoms with Gasteiger partial charge in [-0.2, -0.15) is 9.97 Å². The number of nitrogens with one attached hydrogen (secondary N) is 1. The summed E-state index contributed by atoms with van der Waals surface area (Å²) in [6.07, 6.45) is 0.964. The first-order chi connectivity index (χ1) is 12.7. The maximum atomic E-state index is 5.41. The zero-order chi connectivity index (χ0) is 18.1. The molecule has 1 saturated heterocycles. The number of piperazine rings is 1. The van der Waals surface area contributed by atoms with E-state index in [2.05, 4.69) is 47.2 Å². The van der Waals surface area contributed by atoms with E-state index in [4.69, 9.17) is 14.7 Å². The van der Waals surface area contributed by atoms with Crippen LogP contribution in [0.2, 0.25) is 0 Å². The van der Waals surface area contributed by atoms with Crippen molar-refractivity contribution < 1.29 is 4.74 Å². The van der Waals surface area contributed by atoms with Crippen LogP contribution in [0.1, 0.15) is 22.4 Å². The molecule has 138 valence electrons. The minimum Gasteiger partial charge on any atom is -0.467 e. The highest BCUT2D eigenvalue weighted by molar-refractivity contribution is 5.59. The van der Waals surface area contributed by atoms with Crippen molar-refractivity contribution in [3.8, 4) is 6.01 Å². The number of nitrogens with zero attached hydrogens (tertiary/aromatic N) is 4. The zero-order valence-corrected chi connectivity index (χ0v) is 15.9. The van der Waals surface area contributed by atoms with Gasteiger partial charge in [0.05, 0.1) is 19.3 Å². The molecule has 4 rings (SSSR count). The standard InChI is InChI=1S/C20H27N5O/c1-14-5-4-6-18(15(14)2)25-10-7-16-17(13-25)22-20(26-3)23-19(16)24-11-8-21-9-12-24/h4-6,21H,7-13H2,1-3H3.